The molecule has 110 valence electrons. The Balaban J connectivity index is 2.18. The molecule has 2 aromatic rings. The molecule has 0 aliphatic carbocycles. The second-order valence-corrected chi connectivity index (χ2v) is 6.01. The zero-order valence-corrected chi connectivity index (χ0v) is 14.3. The summed E-state index contributed by atoms with van der Waals surface area (Å²) in [6.07, 6.45) is 0. The van der Waals surface area contributed by atoms with Gasteiger partial charge in [-0.05, 0) is 45.8 Å². The van der Waals surface area contributed by atoms with Crippen molar-refractivity contribution in [2.45, 2.75) is 6.54 Å². The number of methoxy groups -OCH3 is 1. The number of nitro groups is 1. The van der Waals surface area contributed by atoms with Crippen molar-refractivity contribution in [2.75, 3.05) is 12.4 Å². The number of anilines is 1. The number of hydrogen-bond acceptors (Lipinski definition) is 4. The molecule has 0 aliphatic heterocycles. The second-order valence-electron chi connectivity index (χ2n) is 4.24. The fourth-order valence-electron chi connectivity index (χ4n) is 1.82. The first-order valence-electron chi connectivity index (χ1n) is 6.01. The molecule has 0 amide bonds. The monoisotopic (exact) mass is 414 g/mol. The predicted molar refractivity (Wildman–Crippen MR) is 88.8 cm³/mol. The molecule has 2 rings (SSSR count). The zero-order valence-electron chi connectivity index (χ0n) is 11.1. The van der Waals surface area contributed by atoms with Crippen LogP contribution >= 0.6 is 31.9 Å². The van der Waals surface area contributed by atoms with Gasteiger partial charge in [-0.3, -0.25) is 10.1 Å². The number of nitro benzene ring substituents is 1. The number of nitrogens with one attached hydrogen (secondary N) is 1. The molecule has 5 nitrogen and oxygen atoms in total. The van der Waals surface area contributed by atoms with Crippen molar-refractivity contribution >= 4 is 43.2 Å². The fourth-order valence-corrected chi connectivity index (χ4v) is 2.57. The maximum Gasteiger partial charge on any atom is 0.311 e. The number of rotatable bonds is 5. The summed E-state index contributed by atoms with van der Waals surface area (Å²) in [5.74, 6) is 0.257. The number of benzene rings is 2. The van der Waals surface area contributed by atoms with Crippen molar-refractivity contribution in [2.24, 2.45) is 0 Å². The third-order valence-corrected chi connectivity index (χ3v) is 4.04. The van der Waals surface area contributed by atoms with Gasteiger partial charge < -0.3 is 10.1 Å². The minimum absolute atomic E-state index is 0.0369. The Hall–Kier alpha value is -1.60. The van der Waals surface area contributed by atoms with Crippen LogP contribution in [0.25, 0.3) is 0 Å². The van der Waals surface area contributed by atoms with Gasteiger partial charge in [0.15, 0.2) is 5.75 Å². The maximum atomic E-state index is 11.0. The molecular formula is C14H12Br2N2O3. The summed E-state index contributed by atoms with van der Waals surface area (Å²) in [6, 6.07) is 10.7. The molecule has 0 aromatic heterocycles. The van der Waals surface area contributed by atoms with Crippen LogP contribution in [0.3, 0.4) is 0 Å². The molecule has 0 fully saturated rings. The van der Waals surface area contributed by atoms with Crippen molar-refractivity contribution in [1.82, 2.24) is 0 Å². The van der Waals surface area contributed by atoms with E-state index in [0.717, 1.165) is 20.2 Å². The lowest BCUT2D eigenvalue weighted by molar-refractivity contribution is -0.385. The Labute approximate surface area is 138 Å². The van der Waals surface area contributed by atoms with E-state index in [-0.39, 0.29) is 11.4 Å². The van der Waals surface area contributed by atoms with E-state index in [1.54, 1.807) is 12.1 Å². The standard InChI is InChI=1S/C14H12Br2N2O3/c1-21-14-5-2-9(6-13(14)18(19)20)8-17-12-7-10(15)3-4-11(12)16/h2-7,17H,8H2,1H3. The molecule has 0 saturated carbocycles. The highest BCUT2D eigenvalue weighted by Gasteiger charge is 2.15. The van der Waals surface area contributed by atoms with Crippen molar-refractivity contribution in [3.8, 4) is 5.75 Å². The Bertz CT molecular complexity index is 677. The molecule has 0 unspecified atom stereocenters. The molecule has 0 bridgehead atoms. The first kappa shape index (κ1) is 15.8. The minimum Gasteiger partial charge on any atom is -0.490 e. The highest BCUT2D eigenvalue weighted by Crippen LogP contribution is 2.29. The lowest BCUT2D eigenvalue weighted by Gasteiger charge is -2.10. The molecule has 2 aromatic carbocycles. The van der Waals surface area contributed by atoms with Crippen LogP contribution in [0.2, 0.25) is 0 Å². The largest absolute Gasteiger partial charge is 0.490 e. The van der Waals surface area contributed by atoms with E-state index in [9.17, 15) is 10.1 Å². The van der Waals surface area contributed by atoms with Gasteiger partial charge in [0.25, 0.3) is 0 Å². The number of halogens is 2. The third kappa shape index (κ3) is 3.95. The highest BCUT2D eigenvalue weighted by atomic mass is 79.9. The molecule has 1 N–H and O–H groups in total. The van der Waals surface area contributed by atoms with Crippen molar-refractivity contribution < 1.29 is 9.66 Å². The van der Waals surface area contributed by atoms with Crippen LogP contribution in [0, 0.1) is 10.1 Å². The van der Waals surface area contributed by atoms with Crippen molar-refractivity contribution in [1.29, 1.82) is 0 Å². The molecule has 21 heavy (non-hydrogen) atoms. The summed E-state index contributed by atoms with van der Waals surface area (Å²) in [6.45, 7) is 0.472. The smallest absolute Gasteiger partial charge is 0.311 e. The summed E-state index contributed by atoms with van der Waals surface area (Å²) < 4.78 is 6.86. The lowest BCUT2D eigenvalue weighted by atomic mass is 10.2. The second kappa shape index (κ2) is 6.91. The number of nitrogens with zero attached hydrogens (tertiary/aromatic N) is 1. The normalized spacial score (nSPS) is 10.2. The molecular weight excluding hydrogens is 404 g/mol. The van der Waals surface area contributed by atoms with E-state index in [2.05, 4.69) is 37.2 Å². The van der Waals surface area contributed by atoms with Gasteiger partial charge in [0, 0.05) is 27.2 Å². The average molecular weight is 416 g/mol. The molecule has 0 aliphatic rings. The summed E-state index contributed by atoms with van der Waals surface area (Å²) in [5.41, 5.74) is 1.67. The number of ether oxygens (including phenoxy) is 1. The quantitative estimate of drug-likeness (QED) is 0.565. The van der Waals surface area contributed by atoms with E-state index >= 15 is 0 Å². The topological polar surface area (TPSA) is 64.4 Å². The third-order valence-electron chi connectivity index (χ3n) is 2.85. The predicted octanol–water partition coefficient (Wildman–Crippen LogP) is 4.74. The van der Waals surface area contributed by atoms with Crippen LogP contribution in [-0.2, 0) is 6.54 Å². The van der Waals surface area contributed by atoms with Crippen molar-refractivity contribution in [3.63, 3.8) is 0 Å². The van der Waals surface area contributed by atoms with Gasteiger partial charge in [0.05, 0.1) is 12.0 Å². The molecule has 0 spiro atoms. The van der Waals surface area contributed by atoms with Gasteiger partial charge in [-0.1, -0.05) is 22.0 Å². The van der Waals surface area contributed by atoms with Crippen LogP contribution < -0.4 is 10.1 Å². The van der Waals surface area contributed by atoms with Gasteiger partial charge in [-0.15, -0.1) is 0 Å². The SMILES string of the molecule is COc1ccc(CNc2cc(Br)ccc2Br)cc1[N+](=O)[O-]. The van der Waals surface area contributed by atoms with E-state index in [1.807, 2.05) is 18.2 Å². The van der Waals surface area contributed by atoms with Gasteiger partial charge in [0.1, 0.15) is 0 Å². The van der Waals surface area contributed by atoms with Crippen LogP contribution in [0.1, 0.15) is 5.56 Å². The zero-order chi connectivity index (χ0) is 15.4. The molecule has 0 atom stereocenters. The Kier molecular flexibility index (Phi) is 5.19. The first-order valence-corrected chi connectivity index (χ1v) is 7.60. The van der Waals surface area contributed by atoms with E-state index < -0.39 is 4.92 Å². The Morgan fingerprint density at radius 2 is 2.00 bits per heavy atom. The molecule has 7 heteroatoms. The summed E-state index contributed by atoms with van der Waals surface area (Å²) in [5, 5.41) is 14.2. The minimum atomic E-state index is -0.447. The molecule has 0 heterocycles. The Morgan fingerprint density at radius 1 is 1.24 bits per heavy atom. The molecule has 0 saturated heterocycles. The highest BCUT2D eigenvalue weighted by molar-refractivity contribution is 9.11. The van der Waals surface area contributed by atoms with E-state index in [0.29, 0.717) is 6.54 Å². The summed E-state index contributed by atoms with van der Waals surface area (Å²) in [7, 11) is 1.42. The van der Waals surface area contributed by atoms with Gasteiger partial charge in [-0.25, -0.2) is 0 Å². The van der Waals surface area contributed by atoms with Gasteiger partial charge in [-0.2, -0.15) is 0 Å². The lowest BCUT2D eigenvalue weighted by Crippen LogP contribution is -2.02. The Morgan fingerprint density at radius 3 is 2.67 bits per heavy atom. The average Bonchev–Trinajstić information content (AvgIpc) is 2.47. The maximum absolute atomic E-state index is 11.0. The summed E-state index contributed by atoms with van der Waals surface area (Å²) in [4.78, 5) is 10.6. The van der Waals surface area contributed by atoms with Crippen molar-refractivity contribution in [3.05, 3.63) is 61.0 Å². The van der Waals surface area contributed by atoms with Gasteiger partial charge >= 0.3 is 5.69 Å². The van der Waals surface area contributed by atoms with E-state index in [4.69, 9.17) is 4.74 Å². The van der Waals surface area contributed by atoms with Crippen LogP contribution in [0.15, 0.2) is 45.3 Å². The van der Waals surface area contributed by atoms with E-state index in [1.165, 1.54) is 13.2 Å². The summed E-state index contributed by atoms with van der Waals surface area (Å²) >= 11 is 6.86. The van der Waals surface area contributed by atoms with Crippen LogP contribution in [-0.4, -0.2) is 12.0 Å². The van der Waals surface area contributed by atoms with Crippen LogP contribution in [0.4, 0.5) is 11.4 Å². The van der Waals surface area contributed by atoms with Gasteiger partial charge in [0.2, 0.25) is 0 Å². The number of hydrogen-bond donors (Lipinski definition) is 1. The molecule has 0 radical (unpaired) electrons. The van der Waals surface area contributed by atoms with Crippen LogP contribution in [0.5, 0.6) is 5.75 Å². The first-order chi connectivity index (χ1) is 10.0. The fraction of sp³-hybridized carbons (Fsp3) is 0.143.